The second-order valence-corrected chi connectivity index (χ2v) is 12.1. The van der Waals surface area contributed by atoms with Gasteiger partial charge in [-0.15, -0.1) is 0 Å². The van der Waals surface area contributed by atoms with Crippen LogP contribution in [-0.4, -0.2) is 49.7 Å². The first-order valence-corrected chi connectivity index (χ1v) is 13.9. The van der Waals surface area contributed by atoms with Crippen LogP contribution in [0.15, 0.2) is 6.33 Å². The van der Waals surface area contributed by atoms with Crippen LogP contribution in [0.25, 0.3) is 11.2 Å². The van der Waals surface area contributed by atoms with Crippen LogP contribution in [-0.2, 0) is 45.9 Å². The third-order valence-corrected chi connectivity index (χ3v) is 8.74. The number of fused-ring (bicyclic) bond motifs is 1. The maximum absolute atomic E-state index is 12.1. The molecule has 6 unspecified atom stereocenters. The molecule has 0 bridgehead atoms. The van der Waals surface area contributed by atoms with Crippen molar-refractivity contribution in [2.75, 3.05) is 12.3 Å². The zero-order chi connectivity index (χ0) is 24.9. The number of nitrogen functional groups attached to an aromatic ring is 1. The summed E-state index contributed by atoms with van der Waals surface area (Å²) in [7, 11) is -10.6. The number of hydrogen-bond donors (Lipinski definition) is 3. The van der Waals surface area contributed by atoms with Crippen LogP contribution >= 0.6 is 22.4 Å². The molecule has 1 aliphatic rings. The summed E-state index contributed by atoms with van der Waals surface area (Å²) < 4.78 is 41.2. The van der Waals surface area contributed by atoms with Crippen molar-refractivity contribution < 1.29 is 66.5 Å². The minimum Gasteiger partial charge on any atom is -0.856 e. The van der Waals surface area contributed by atoms with Gasteiger partial charge in [0, 0.05) is 5.88 Å². The summed E-state index contributed by atoms with van der Waals surface area (Å²) in [6, 6.07) is 0. The third-order valence-electron chi connectivity index (χ3n) is 4.15. The molecule has 1 fully saturated rings. The lowest BCUT2D eigenvalue weighted by Crippen LogP contribution is -2.46. The first-order chi connectivity index (χ1) is 15.0. The molecular weight excluding hydrogens is 535 g/mol. The highest BCUT2D eigenvalue weighted by Gasteiger charge is 2.47. The van der Waals surface area contributed by atoms with E-state index < -0.39 is 59.4 Å². The molecule has 22 heteroatoms. The Morgan fingerprint density at radius 3 is 2.48 bits per heavy atom. The van der Waals surface area contributed by atoms with E-state index in [4.69, 9.17) is 10.5 Å². The van der Waals surface area contributed by atoms with Gasteiger partial charge >= 0.3 is 5.65 Å². The van der Waals surface area contributed by atoms with Crippen LogP contribution in [0.3, 0.4) is 0 Å². The van der Waals surface area contributed by atoms with Gasteiger partial charge in [-0.05, 0) is 0 Å². The molecule has 0 aromatic carbocycles. The van der Waals surface area contributed by atoms with Crippen molar-refractivity contribution in [3.05, 3.63) is 6.33 Å². The van der Waals surface area contributed by atoms with Gasteiger partial charge in [-0.3, -0.25) is 17.8 Å². The molecule has 2 aromatic rings. The summed E-state index contributed by atoms with van der Waals surface area (Å²) in [5.74, 6) is -1.09. The lowest BCUT2D eigenvalue weighted by molar-refractivity contribution is -0.745. The van der Waals surface area contributed by atoms with Crippen molar-refractivity contribution in [3.63, 3.8) is 0 Å². The van der Waals surface area contributed by atoms with Crippen molar-refractivity contribution in [1.82, 2.24) is 14.5 Å². The molecule has 186 valence electrons. The summed E-state index contributed by atoms with van der Waals surface area (Å²) in [5.41, 5.74) is 5.44. The van der Waals surface area contributed by atoms with Crippen molar-refractivity contribution in [3.8, 4) is 5.88 Å². The molecule has 0 spiro atoms. The number of nitrogens with two attached hydrogens (primary N) is 1. The Morgan fingerprint density at radius 1 is 1.24 bits per heavy atom. The zero-order valence-electron chi connectivity index (χ0n) is 16.1. The number of aliphatic hydroxyl groups is 2. The topological polar surface area (TPSA) is 287 Å². The van der Waals surface area contributed by atoms with Crippen molar-refractivity contribution in [1.29, 1.82) is 0 Å². The van der Waals surface area contributed by atoms with Crippen LogP contribution < -0.4 is 35.0 Å². The van der Waals surface area contributed by atoms with Gasteiger partial charge in [-0.25, -0.2) is 9.55 Å². The molecule has 0 amide bonds. The molecule has 1 saturated heterocycles. The number of phosphoric acid groups is 2. The van der Waals surface area contributed by atoms with E-state index in [-0.39, 0.29) is 17.1 Å². The minimum absolute atomic E-state index is 0.00196. The van der Waals surface area contributed by atoms with E-state index in [0.29, 0.717) is 0 Å². The van der Waals surface area contributed by atoms with Crippen LogP contribution in [0.5, 0.6) is 5.88 Å². The van der Waals surface area contributed by atoms with Crippen molar-refractivity contribution >= 4 is 51.3 Å². The van der Waals surface area contributed by atoms with E-state index in [0.717, 1.165) is 4.57 Å². The second-order valence-electron chi connectivity index (χ2n) is 6.54. The van der Waals surface area contributed by atoms with E-state index in [1.807, 2.05) is 0 Å². The molecule has 0 radical (unpaired) electrons. The number of aromatic nitrogens is 4. The van der Waals surface area contributed by atoms with Gasteiger partial charge in [-0.2, -0.15) is 0 Å². The fourth-order valence-corrected chi connectivity index (χ4v) is 6.74. The highest BCUT2D eigenvalue weighted by atomic mass is 32.5. The predicted molar refractivity (Wildman–Crippen MR) is 96.1 cm³/mol. The van der Waals surface area contributed by atoms with Crippen LogP contribution in [0.2, 0.25) is 0 Å². The SMILES string of the molecule is Cn1c[n+](C2OC(COP([O-])(=S)OP(=O)([O-])OP(=O)([O-])[O-])C(O)C2O)c2nc(N)nc([O-])c21. The zero-order valence-corrected chi connectivity index (χ0v) is 19.6. The molecule has 33 heavy (non-hydrogen) atoms. The number of aliphatic hydroxyl groups excluding tert-OH is 2. The normalized spacial score (nSPS) is 27.5. The number of nitrogens with zero attached hydrogens (tertiary/aromatic N) is 4. The largest absolute Gasteiger partial charge is 0.856 e. The average Bonchev–Trinajstić information content (AvgIpc) is 3.07. The smallest absolute Gasteiger partial charge is 0.309 e. The van der Waals surface area contributed by atoms with Gasteiger partial charge in [0.2, 0.25) is 6.23 Å². The summed E-state index contributed by atoms with van der Waals surface area (Å²) in [6.07, 6.45) is -4.93. The number of ether oxygens (including phenoxy) is 1. The lowest BCUT2D eigenvalue weighted by atomic mass is 10.1. The van der Waals surface area contributed by atoms with Gasteiger partial charge in [0.1, 0.15) is 25.0 Å². The average molecular weight is 549 g/mol. The highest BCUT2D eigenvalue weighted by molar-refractivity contribution is 8.07. The monoisotopic (exact) mass is 549 g/mol. The number of imidazole rings is 1. The molecule has 1 aliphatic heterocycles. The summed E-state index contributed by atoms with van der Waals surface area (Å²) in [6.45, 7) is -5.94. The number of rotatable bonds is 8. The summed E-state index contributed by atoms with van der Waals surface area (Å²) in [5, 5.41) is 32.7. The predicted octanol–water partition coefficient (Wildman–Crippen LogP) is -5.54. The molecule has 3 heterocycles. The van der Waals surface area contributed by atoms with Crippen molar-refractivity contribution in [2.45, 2.75) is 24.5 Å². The number of aryl methyl sites for hydroxylation is 1. The Morgan fingerprint density at radius 2 is 1.88 bits per heavy atom. The molecule has 3 rings (SSSR count). The van der Waals surface area contributed by atoms with Crippen molar-refractivity contribution in [2.24, 2.45) is 7.05 Å². The molecule has 0 aliphatic carbocycles. The minimum atomic E-state index is -6.07. The molecule has 0 saturated carbocycles. The Bertz CT molecular complexity index is 1200. The van der Waals surface area contributed by atoms with E-state index >= 15 is 0 Å². The van der Waals surface area contributed by atoms with E-state index in [1.54, 1.807) is 0 Å². The van der Waals surface area contributed by atoms with Crippen LogP contribution in [0, 0.1) is 0 Å². The van der Waals surface area contributed by atoms with Gasteiger partial charge in [0.15, 0.2) is 11.8 Å². The highest BCUT2D eigenvalue weighted by Crippen LogP contribution is 2.60. The van der Waals surface area contributed by atoms with Crippen LogP contribution in [0.4, 0.5) is 5.95 Å². The molecule has 18 nitrogen and oxygen atoms in total. The van der Waals surface area contributed by atoms with Gasteiger partial charge in [0.25, 0.3) is 13.8 Å². The Hall–Kier alpha value is -1.14. The second kappa shape index (κ2) is 9.14. The van der Waals surface area contributed by atoms with Gasteiger partial charge < -0.3 is 54.5 Å². The Kier molecular flexibility index (Phi) is 7.33. The summed E-state index contributed by atoms with van der Waals surface area (Å²) >= 11 is 4.29. The quantitative estimate of drug-likeness (QED) is 0.204. The number of hydrogen-bond acceptors (Lipinski definition) is 17. The standard InChI is InChI=1S/C11H18N5O13P3S/c1-15-3-16(8-5(15)9(19)14-11(12)13-8)10-7(18)6(17)4(27-10)2-26-32(25,33)29-31(23,24)28-30(20,21)22/h3-4,6-7,10,17-18H,2H2,1H3,(H6-,12,13,14,19,20,21,22,23,24,25,33)/p-4. The summed E-state index contributed by atoms with van der Waals surface area (Å²) in [4.78, 5) is 51.5. The van der Waals surface area contributed by atoms with Gasteiger partial charge in [-0.1, -0.05) is 16.8 Å². The van der Waals surface area contributed by atoms with Crippen LogP contribution in [0.1, 0.15) is 6.23 Å². The molecule has 2 aromatic heterocycles. The fourth-order valence-electron chi connectivity index (χ4n) is 2.96. The van der Waals surface area contributed by atoms with E-state index in [1.165, 1.54) is 17.9 Å². The lowest BCUT2D eigenvalue weighted by Gasteiger charge is -2.39. The molecule has 4 N–H and O–H groups in total. The Labute approximate surface area is 188 Å². The number of anilines is 1. The van der Waals surface area contributed by atoms with Gasteiger partial charge in [0.05, 0.1) is 21.5 Å². The Balaban J connectivity index is 1.75. The first-order valence-electron chi connectivity index (χ1n) is 8.43. The molecular formula is C11H14N5O13P3S-4. The van der Waals surface area contributed by atoms with E-state index in [9.17, 15) is 44.0 Å². The van der Waals surface area contributed by atoms with E-state index in [2.05, 4.69) is 34.9 Å². The first kappa shape index (κ1) is 26.5. The fraction of sp³-hybridized carbons (Fsp3) is 0.545. The maximum atomic E-state index is 12.1. The maximum Gasteiger partial charge on any atom is 0.309 e. The third kappa shape index (κ3) is 6.11. The molecule has 6 atom stereocenters.